The van der Waals surface area contributed by atoms with Gasteiger partial charge in [0, 0.05) is 50.0 Å². The van der Waals surface area contributed by atoms with Gasteiger partial charge in [0.05, 0.1) is 37.7 Å². The van der Waals surface area contributed by atoms with Gasteiger partial charge in [-0.1, -0.05) is 0 Å². The Bertz CT molecular complexity index is 1740. The van der Waals surface area contributed by atoms with Gasteiger partial charge in [0.25, 0.3) is 0 Å². The number of aryl methyl sites for hydroxylation is 1. The molecule has 2 aromatic carbocycles. The van der Waals surface area contributed by atoms with Crippen LogP contribution in [-0.2, 0) is 16.0 Å². The van der Waals surface area contributed by atoms with Crippen molar-refractivity contribution in [3.63, 3.8) is 0 Å². The molecule has 2 heterocycles. The number of carbonyl (C=O) groups is 3. The number of ether oxygens (including phenoxy) is 4. The number of thiophene rings is 2. The predicted molar refractivity (Wildman–Crippen MR) is 165 cm³/mol. The Labute approximate surface area is 264 Å². The van der Waals surface area contributed by atoms with Crippen molar-refractivity contribution in [2.75, 3.05) is 27.4 Å². The molecule has 45 heavy (non-hydrogen) atoms. The van der Waals surface area contributed by atoms with Gasteiger partial charge in [0.1, 0.15) is 0 Å². The molecule has 0 spiro atoms. The topological polar surface area (TPSA) is 149 Å². The molecule has 1 atom stereocenters. The molecule has 4 aromatic rings. The fourth-order valence-electron chi connectivity index (χ4n) is 4.46. The maximum Gasteiger partial charge on any atom is 0.332 e. The third-order valence-corrected chi connectivity index (χ3v) is 9.31. The molecular formula is C31H32F2O10S2. The minimum atomic E-state index is -1.51. The zero-order chi connectivity index (χ0) is 33.1. The molecule has 4 rings (SSSR count). The molecule has 10 nitrogen and oxygen atoms in total. The number of aliphatic hydroxyl groups is 1. The lowest BCUT2D eigenvalue weighted by Gasteiger charge is -2.16. The summed E-state index contributed by atoms with van der Waals surface area (Å²) in [5.74, 6) is -4.27. The average molecular weight is 667 g/mol. The van der Waals surface area contributed by atoms with Gasteiger partial charge in [-0.05, 0) is 38.8 Å². The van der Waals surface area contributed by atoms with Crippen LogP contribution < -0.4 is 18.9 Å². The lowest BCUT2D eigenvalue weighted by Crippen LogP contribution is -2.26. The number of aliphatic hydroxyl groups excluding tert-OH is 1. The number of benzene rings is 2. The fourth-order valence-corrected chi connectivity index (χ4v) is 6.59. The minimum absolute atomic E-state index is 0.0107. The number of carboxylic acids is 2. The molecule has 0 aliphatic carbocycles. The average Bonchev–Trinajstić information content (AvgIpc) is 3.61. The number of Topliss-reactive ketones (excluding diaryl/α,β-unsaturated/α-hetero) is 1. The molecule has 0 fully saturated rings. The summed E-state index contributed by atoms with van der Waals surface area (Å²) in [6, 6.07) is 6.12. The van der Waals surface area contributed by atoms with E-state index in [2.05, 4.69) is 0 Å². The van der Waals surface area contributed by atoms with Gasteiger partial charge >= 0.3 is 11.9 Å². The van der Waals surface area contributed by atoms with Gasteiger partial charge in [-0.25, -0.2) is 13.6 Å². The third-order valence-electron chi connectivity index (χ3n) is 7.04. The number of carboxylic acid groups (broad SMARTS) is 2. The molecule has 0 aliphatic rings. The highest BCUT2D eigenvalue weighted by molar-refractivity contribution is 7.21. The Morgan fingerprint density at radius 3 is 1.91 bits per heavy atom. The van der Waals surface area contributed by atoms with Crippen molar-refractivity contribution < 1.29 is 57.4 Å². The summed E-state index contributed by atoms with van der Waals surface area (Å²) in [6.45, 7) is 2.85. The maximum atomic E-state index is 15.5. The lowest BCUT2D eigenvalue weighted by molar-refractivity contribution is -0.147. The molecule has 0 amide bonds. The van der Waals surface area contributed by atoms with E-state index in [-0.39, 0.29) is 77.5 Å². The molecule has 0 aliphatic heterocycles. The Kier molecular flexibility index (Phi) is 10.5. The number of halogens is 2. The standard InChI is InChI=1S/C31H32F2O10S2/c1-31(2,30(38)39)14-19(35)24-11-17-23(45-24)13-21(41-4)28(26(17)33)43-9-5-8-42-27-20(40-3)12-22-16(25(27)32)10-15(44-22)6-7-18(34)29(36)37/h10-13,18,34H,5-9,14H2,1-4H3,(H,36,37)(H,38,39)/t18-/m0/s1. The number of carbonyl (C=O) groups excluding carboxylic acids is 1. The van der Waals surface area contributed by atoms with Gasteiger partial charge in [-0.15, -0.1) is 22.7 Å². The number of hydrogen-bond acceptors (Lipinski definition) is 10. The summed E-state index contributed by atoms with van der Waals surface area (Å²) in [5, 5.41) is 28.2. The Balaban J connectivity index is 1.43. The SMILES string of the molecule is COc1cc2sc(CC[C@H](O)C(=O)O)cc2c(F)c1OCCCOc1c(OC)cc2sc(C(=O)CC(C)(C)C(=O)O)cc2c1F. The molecule has 0 bridgehead atoms. The van der Waals surface area contributed by atoms with Crippen molar-refractivity contribution in [2.24, 2.45) is 5.41 Å². The monoisotopic (exact) mass is 666 g/mol. The quantitative estimate of drug-likeness (QED) is 0.0916. The van der Waals surface area contributed by atoms with Crippen molar-refractivity contribution in [1.29, 1.82) is 0 Å². The van der Waals surface area contributed by atoms with Crippen LogP contribution in [0.2, 0.25) is 0 Å². The molecule has 242 valence electrons. The highest BCUT2D eigenvalue weighted by Crippen LogP contribution is 2.42. The zero-order valence-corrected chi connectivity index (χ0v) is 26.5. The Hall–Kier alpha value is -4.01. The lowest BCUT2D eigenvalue weighted by atomic mass is 9.87. The van der Waals surface area contributed by atoms with Crippen LogP contribution in [0.15, 0.2) is 24.3 Å². The van der Waals surface area contributed by atoms with E-state index in [0.717, 1.165) is 11.3 Å². The molecule has 2 aromatic heterocycles. The summed E-state index contributed by atoms with van der Waals surface area (Å²) in [4.78, 5) is 36.0. The minimum Gasteiger partial charge on any atom is -0.493 e. The van der Waals surface area contributed by atoms with Crippen molar-refractivity contribution in [3.05, 3.63) is 45.7 Å². The van der Waals surface area contributed by atoms with Crippen LogP contribution in [0.1, 0.15) is 47.7 Å². The largest absolute Gasteiger partial charge is 0.493 e. The normalized spacial score (nSPS) is 12.3. The predicted octanol–water partition coefficient (Wildman–Crippen LogP) is 6.32. The zero-order valence-electron chi connectivity index (χ0n) is 24.9. The van der Waals surface area contributed by atoms with E-state index < -0.39 is 40.9 Å². The number of rotatable bonds is 16. The molecule has 0 unspecified atom stereocenters. The molecule has 0 radical (unpaired) electrons. The van der Waals surface area contributed by atoms with Crippen LogP contribution in [0, 0.1) is 17.0 Å². The van der Waals surface area contributed by atoms with Crippen LogP contribution in [0.25, 0.3) is 20.2 Å². The second-order valence-electron chi connectivity index (χ2n) is 10.8. The smallest absolute Gasteiger partial charge is 0.332 e. The summed E-state index contributed by atoms with van der Waals surface area (Å²) in [7, 11) is 2.72. The van der Waals surface area contributed by atoms with Gasteiger partial charge < -0.3 is 34.3 Å². The van der Waals surface area contributed by atoms with Crippen LogP contribution in [0.5, 0.6) is 23.0 Å². The Morgan fingerprint density at radius 1 is 0.867 bits per heavy atom. The molecule has 0 saturated carbocycles. The van der Waals surface area contributed by atoms with E-state index in [1.807, 2.05) is 0 Å². The van der Waals surface area contributed by atoms with Crippen molar-refractivity contribution in [2.45, 2.75) is 45.6 Å². The first-order valence-electron chi connectivity index (χ1n) is 13.8. The first-order valence-corrected chi connectivity index (χ1v) is 15.4. The van der Waals surface area contributed by atoms with E-state index in [1.54, 1.807) is 18.2 Å². The third kappa shape index (κ3) is 7.45. The van der Waals surface area contributed by atoms with Crippen LogP contribution in [0.3, 0.4) is 0 Å². The molecule has 0 saturated heterocycles. The summed E-state index contributed by atoms with van der Waals surface area (Å²) < 4.78 is 54.0. The summed E-state index contributed by atoms with van der Waals surface area (Å²) >= 11 is 2.29. The van der Waals surface area contributed by atoms with Crippen molar-refractivity contribution in [3.8, 4) is 23.0 Å². The molecular weight excluding hydrogens is 634 g/mol. The van der Waals surface area contributed by atoms with E-state index in [0.29, 0.717) is 14.3 Å². The number of ketones is 1. The summed E-state index contributed by atoms with van der Waals surface area (Å²) in [6.07, 6.45) is -1.30. The summed E-state index contributed by atoms with van der Waals surface area (Å²) in [5.41, 5.74) is -1.28. The van der Waals surface area contributed by atoms with Gasteiger partial charge in [0.2, 0.25) is 0 Å². The van der Waals surface area contributed by atoms with E-state index in [9.17, 15) is 24.6 Å². The maximum absolute atomic E-state index is 15.5. The highest BCUT2D eigenvalue weighted by Gasteiger charge is 2.31. The van der Waals surface area contributed by atoms with Crippen LogP contribution in [-0.4, -0.2) is 66.6 Å². The van der Waals surface area contributed by atoms with Gasteiger partial charge in [-0.2, -0.15) is 0 Å². The van der Waals surface area contributed by atoms with Gasteiger partial charge in [0.15, 0.2) is 46.5 Å². The van der Waals surface area contributed by atoms with Crippen LogP contribution >= 0.6 is 22.7 Å². The number of aliphatic carboxylic acids is 2. The highest BCUT2D eigenvalue weighted by atomic mass is 32.1. The number of fused-ring (bicyclic) bond motifs is 2. The Morgan fingerprint density at radius 2 is 1.40 bits per heavy atom. The van der Waals surface area contributed by atoms with Crippen molar-refractivity contribution in [1.82, 2.24) is 0 Å². The van der Waals surface area contributed by atoms with E-state index in [4.69, 9.17) is 24.1 Å². The second-order valence-corrected chi connectivity index (χ2v) is 13.1. The van der Waals surface area contributed by atoms with E-state index >= 15 is 8.78 Å². The number of hydrogen-bond donors (Lipinski definition) is 3. The number of methoxy groups -OCH3 is 2. The van der Waals surface area contributed by atoms with Crippen LogP contribution in [0.4, 0.5) is 8.78 Å². The first kappa shape index (κ1) is 33.9. The van der Waals surface area contributed by atoms with E-state index in [1.165, 1.54) is 45.5 Å². The van der Waals surface area contributed by atoms with Gasteiger partial charge in [-0.3, -0.25) is 9.59 Å². The fraction of sp³-hybridized carbons (Fsp3) is 0.387. The molecule has 14 heteroatoms. The molecule has 3 N–H and O–H groups in total. The van der Waals surface area contributed by atoms with Crippen molar-refractivity contribution >= 4 is 60.6 Å². The first-order chi connectivity index (χ1) is 21.3. The second kappa shape index (κ2) is 14.0.